The van der Waals surface area contributed by atoms with E-state index in [1.807, 2.05) is 36.5 Å². The average Bonchev–Trinajstić information content (AvgIpc) is 2.38. The number of rotatable bonds is 4. The minimum atomic E-state index is 0.0333. The molecule has 0 aliphatic heterocycles. The molecule has 2 nitrogen and oxygen atoms in total. The Morgan fingerprint density at radius 2 is 1.89 bits per heavy atom. The molecular weight excluding hydrogens is 289 g/mol. The number of halogens is 1. The van der Waals surface area contributed by atoms with E-state index in [1.165, 1.54) is 0 Å². The van der Waals surface area contributed by atoms with Crippen molar-refractivity contribution in [3.05, 3.63) is 63.0 Å². The standard InChI is InChI=1S/C14H15BBrNO/c15-8-1-2-11-7-9-17(14(18)10-11)13-5-3-12(16)4-6-13/h3-7,9-10H,1-2,8,15H2. The molecule has 4 heteroatoms. The highest BCUT2D eigenvalue weighted by atomic mass is 79.9. The summed E-state index contributed by atoms with van der Waals surface area (Å²) in [5.41, 5.74) is 2.05. The number of nitrogens with zero attached hydrogens (tertiary/aromatic N) is 1. The molecule has 0 saturated carbocycles. The van der Waals surface area contributed by atoms with Crippen LogP contribution >= 0.6 is 15.9 Å². The molecule has 0 bridgehead atoms. The van der Waals surface area contributed by atoms with Gasteiger partial charge < -0.3 is 0 Å². The Balaban J connectivity index is 2.30. The van der Waals surface area contributed by atoms with Crippen LogP contribution in [0.15, 0.2) is 51.9 Å². The van der Waals surface area contributed by atoms with Gasteiger partial charge in [-0.05, 0) is 42.3 Å². The van der Waals surface area contributed by atoms with Crippen LogP contribution in [-0.2, 0) is 6.42 Å². The van der Waals surface area contributed by atoms with Crippen LogP contribution in [0, 0.1) is 0 Å². The largest absolute Gasteiger partial charge is 0.284 e. The molecule has 1 aromatic heterocycles. The third-order valence-corrected chi connectivity index (χ3v) is 3.44. The molecule has 0 aliphatic carbocycles. The van der Waals surface area contributed by atoms with E-state index < -0.39 is 0 Å². The van der Waals surface area contributed by atoms with Crippen molar-refractivity contribution >= 4 is 23.8 Å². The lowest BCUT2D eigenvalue weighted by Crippen LogP contribution is -2.17. The summed E-state index contributed by atoms with van der Waals surface area (Å²) in [6.45, 7) is 0. The Kier molecular flexibility index (Phi) is 4.42. The van der Waals surface area contributed by atoms with Crippen molar-refractivity contribution in [1.29, 1.82) is 0 Å². The Hall–Kier alpha value is -1.29. The molecule has 0 atom stereocenters. The summed E-state index contributed by atoms with van der Waals surface area (Å²) < 4.78 is 2.68. The van der Waals surface area contributed by atoms with Gasteiger partial charge in [0.2, 0.25) is 0 Å². The third-order valence-electron chi connectivity index (χ3n) is 2.91. The molecule has 1 heterocycles. The highest BCUT2D eigenvalue weighted by Crippen LogP contribution is 2.13. The average molecular weight is 304 g/mol. The van der Waals surface area contributed by atoms with E-state index in [-0.39, 0.29) is 5.56 Å². The molecule has 0 radical (unpaired) electrons. The molecule has 18 heavy (non-hydrogen) atoms. The monoisotopic (exact) mass is 303 g/mol. The lowest BCUT2D eigenvalue weighted by Gasteiger charge is -2.07. The maximum atomic E-state index is 12.0. The van der Waals surface area contributed by atoms with Gasteiger partial charge in [0.25, 0.3) is 5.56 Å². The molecule has 0 N–H and O–H groups in total. The first kappa shape index (κ1) is 13.2. The highest BCUT2D eigenvalue weighted by molar-refractivity contribution is 9.10. The first-order chi connectivity index (χ1) is 8.70. The van der Waals surface area contributed by atoms with Gasteiger partial charge in [-0.2, -0.15) is 0 Å². The number of hydrogen-bond donors (Lipinski definition) is 0. The second kappa shape index (κ2) is 6.05. The SMILES string of the molecule is BCCCc1ccn(-c2ccc(Br)cc2)c(=O)c1. The topological polar surface area (TPSA) is 22.0 Å². The minimum Gasteiger partial charge on any atom is -0.284 e. The molecular formula is C14H15BBrNO. The van der Waals surface area contributed by atoms with Gasteiger partial charge in [0.15, 0.2) is 0 Å². The zero-order valence-corrected chi connectivity index (χ0v) is 12.0. The number of pyridine rings is 1. The van der Waals surface area contributed by atoms with Crippen LogP contribution in [0.2, 0.25) is 6.32 Å². The summed E-state index contributed by atoms with van der Waals surface area (Å²) in [4.78, 5) is 12.0. The molecule has 92 valence electrons. The van der Waals surface area contributed by atoms with Gasteiger partial charge in [0.05, 0.1) is 0 Å². The van der Waals surface area contributed by atoms with Gasteiger partial charge in [0.1, 0.15) is 7.85 Å². The molecule has 0 amide bonds. The first-order valence-electron chi connectivity index (χ1n) is 6.18. The molecule has 0 saturated heterocycles. The van der Waals surface area contributed by atoms with Crippen LogP contribution in [0.5, 0.6) is 0 Å². The molecule has 2 aromatic rings. The molecule has 2 rings (SSSR count). The third kappa shape index (κ3) is 3.13. The maximum absolute atomic E-state index is 12.0. The predicted molar refractivity (Wildman–Crippen MR) is 81.4 cm³/mol. The van der Waals surface area contributed by atoms with Gasteiger partial charge >= 0.3 is 0 Å². The number of hydrogen-bond acceptors (Lipinski definition) is 1. The van der Waals surface area contributed by atoms with E-state index >= 15 is 0 Å². The van der Waals surface area contributed by atoms with Crippen molar-refractivity contribution in [3.63, 3.8) is 0 Å². The normalized spacial score (nSPS) is 10.5. The number of benzene rings is 1. The van der Waals surface area contributed by atoms with Gasteiger partial charge in [0, 0.05) is 22.4 Å². The van der Waals surface area contributed by atoms with Crippen LogP contribution in [-0.4, -0.2) is 12.4 Å². The lowest BCUT2D eigenvalue weighted by atomic mass is 9.98. The van der Waals surface area contributed by atoms with E-state index in [4.69, 9.17) is 0 Å². The fraction of sp³-hybridized carbons (Fsp3) is 0.214. The van der Waals surface area contributed by atoms with Crippen LogP contribution in [0.4, 0.5) is 0 Å². The highest BCUT2D eigenvalue weighted by Gasteiger charge is 2.01. The number of aryl methyl sites for hydroxylation is 1. The van der Waals surface area contributed by atoms with Crippen molar-refractivity contribution in [2.24, 2.45) is 0 Å². The van der Waals surface area contributed by atoms with Gasteiger partial charge in [-0.3, -0.25) is 9.36 Å². The second-order valence-electron chi connectivity index (χ2n) is 4.32. The fourth-order valence-electron chi connectivity index (χ4n) is 1.87. The van der Waals surface area contributed by atoms with Crippen LogP contribution < -0.4 is 5.56 Å². The second-order valence-corrected chi connectivity index (χ2v) is 5.24. The molecule has 0 aliphatic rings. The van der Waals surface area contributed by atoms with Crippen LogP contribution in [0.3, 0.4) is 0 Å². The zero-order valence-electron chi connectivity index (χ0n) is 10.4. The molecule has 0 spiro atoms. The Morgan fingerprint density at radius 1 is 1.17 bits per heavy atom. The van der Waals surface area contributed by atoms with Crippen molar-refractivity contribution in [2.45, 2.75) is 19.2 Å². The molecule has 0 unspecified atom stereocenters. The summed E-state index contributed by atoms with van der Waals surface area (Å²) in [6, 6.07) is 11.5. The Morgan fingerprint density at radius 3 is 2.50 bits per heavy atom. The summed E-state index contributed by atoms with van der Waals surface area (Å²) in [6.07, 6.45) is 5.11. The summed E-state index contributed by atoms with van der Waals surface area (Å²) in [5, 5.41) is 0. The van der Waals surface area contributed by atoms with E-state index in [9.17, 15) is 4.79 Å². The van der Waals surface area contributed by atoms with Gasteiger partial charge in [-0.25, -0.2) is 0 Å². The summed E-state index contributed by atoms with van der Waals surface area (Å²) >= 11 is 3.39. The first-order valence-corrected chi connectivity index (χ1v) is 6.97. The van der Waals surface area contributed by atoms with Crippen molar-refractivity contribution in [3.8, 4) is 5.69 Å². The van der Waals surface area contributed by atoms with Crippen molar-refractivity contribution in [2.75, 3.05) is 0 Å². The fourth-order valence-corrected chi connectivity index (χ4v) is 2.14. The lowest BCUT2D eigenvalue weighted by molar-refractivity contribution is 0.895. The smallest absolute Gasteiger partial charge is 0.255 e. The minimum absolute atomic E-state index is 0.0333. The maximum Gasteiger partial charge on any atom is 0.255 e. The summed E-state index contributed by atoms with van der Waals surface area (Å²) in [5.74, 6) is 0. The predicted octanol–water partition coefficient (Wildman–Crippen LogP) is 2.58. The van der Waals surface area contributed by atoms with Crippen molar-refractivity contribution < 1.29 is 0 Å². The molecule has 1 aromatic carbocycles. The molecule has 0 fully saturated rings. The van der Waals surface area contributed by atoms with Gasteiger partial charge in [-0.1, -0.05) is 28.7 Å². The van der Waals surface area contributed by atoms with E-state index in [2.05, 4.69) is 23.8 Å². The zero-order chi connectivity index (χ0) is 13.0. The number of aromatic nitrogens is 1. The van der Waals surface area contributed by atoms with E-state index in [0.717, 1.165) is 34.9 Å². The van der Waals surface area contributed by atoms with E-state index in [0.29, 0.717) is 0 Å². The Bertz CT molecular complexity index is 577. The van der Waals surface area contributed by atoms with E-state index in [1.54, 1.807) is 10.6 Å². The summed E-state index contributed by atoms with van der Waals surface area (Å²) in [7, 11) is 2.16. The van der Waals surface area contributed by atoms with Crippen LogP contribution in [0.25, 0.3) is 5.69 Å². The Labute approximate surface area is 116 Å². The van der Waals surface area contributed by atoms with Gasteiger partial charge in [-0.15, -0.1) is 0 Å². The quantitative estimate of drug-likeness (QED) is 0.796. The van der Waals surface area contributed by atoms with Crippen molar-refractivity contribution in [1.82, 2.24) is 4.57 Å². The van der Waals surface area contributed by atoms with Crippen LogP contribution in [0.1, 0.15) is 12.0 Å².